The van der Waals surface area contributed by atoms with Crippen molar-refractivity contribution >= 4 is 27.5 Å². The lowest BCUT2D eigenvalue weighted by molar-refractivity contribution is -0.117. The molecular formula is C14H20BrNO. The van der Waals surface area contributed by atoms with E-state index in [1.54, 1.807) is 0 Å². The van der Waals surface area contributed by atoms with Gasteiger partial charge in [0.2, 0.25) is 5.91 Å². The van der Waals surface area contributed by atoms with Gasteiger partial charge in [0.15, 0.2) is 0 Å². The largest absolute Gasteiger partial charge is 0.325 e. The summed E-state index contributed by atoms with van der Waals surface area (Å²) in [5, 5.41) is 2.93. The number of hydrogen-bond acceptors (Lipinski definition) is 1. The number of benzene rings is 1. The second-order valence-electron chi connectivity index (χ2n) is 5.50. The molecule has 0 heterocycles. The predicted molar refractivity (Wildman–Crippen MR) is 76.0 cm³/mol. The zero-order valence-electron chi connectivity index (χ0n) is 10.9. The number of hydrogen-bond donors (Lipinski definition) is 1. The molecule has 0 aliphatic heterocycles. The summed E-state index contributed by atoms with van der Waals surface area (Å²) in [5.41, 5.74) is 0.990. The number of carbonyl (C=O) groups is 1. The molecule has 1 atom stereocenters. The van der Waals surface area contributed by atoms with Gasteiger partial charge in [0.25, 0.3) is 0 Å². The van der Waals surface area contributed by atoms with Gasteiger partial charge in [-0.05, 0) is 39.4 Å². The number of rotatable bonds is 3. The van der Waals surface area contributed by atoms with Crippen LogP contribution in [0.3, 0.4) is 0 Å². The van der Waals surface area contributed by atoms with E-state index in [0.717, 1.165) is 10.2 Å². The Hall–Kier alpha value is -0.830. The van der Waals surface area contributed by atoms with Crippen LogP contribution in [-0.4, -0.2) is 5.91 Å². The smallest absolute Gasteiger partial charge is 0.224 e. The highest BCUT2D eigenvalue weighted by molar-refractivity contribution is 9.10. The molecule has 1 aromatic carbocycles. The van der Waals surface area contributed by atoms with Gasteiger partial charge in [-0.2, -0.15) is 0 Å². The van der Waals surface area contributed by atoms with Gasteiger partial charge in [-0.3, -0.25) is 4.79 Å². The van der Waals surface area contributed by atoms with Crippen LogP contribution in [0.1, 0.15) is 34.1 Å². The van der Waals surface area contributed by atoms with Gasteiger partial charge in [-0.25, -0.2) is 0 Å². The van der Waals surface area contributed by atoms with E-state index in [1.807, 2.05) is 24.3 Å². The monoisotopic (exact) mass is 297 g/mol. The third-order valence-electron chi connectivity index (χ3n) is 3.12. The van der Waals surface area contributed by atoms with Crippen LogP contribution < -0.4 is 5.32 Å². The van der Waals surface area contributed by atoms with Crippen LogP contribution in [0.25, 0.3) is 0 Å². The van der Waals surface area contributed by atoms with Crippen LogP contribution in [-0.2, 0) is 4.79 Å². The van der Waals surface area contributed by atoms with Crippen molar-refractivity contribution < 1.29 is 4.79 Å². The van der Waals surface area contributed by atoms with E-state index in [1.165, 1.54) is 0 Å². The summed E-state index contributed by atoms with van der Waals surface area (Å²) < 4.78 is 0.914. The zero-order valence-corrected chi connectivity index (χ0v) is 12.5. The maximum absolute atomic E-state index is 11.9. The Morgan fingerprint density at radius 2 is 1.94 bits per heavy atom. The summed E-state index contributed by atoms with van der Waals surface area (Å²) >= 11 is 3.42. The third kappa shape index (κ3) is 4.50. The zero-order chi connectivity index (χ0) is 13.1. The van der Waals surface area contributed by atoms with Gasteiger partial charge < -0.3 is 5.32 Å². The van der Waals surface area contributed by atoms with Crippen LogP contribution in [0, 0.1) is 11.3 Å². The number of anilines is 1. The summed E-state index contributed by atoms with van der Waals surface area (Å²) in [6.45, 7) is 8.58. The number of amides is 1. The molecule has 0 spiro atoms. The Morgan fingerprint density at radius 3 is 2.47 bits per heavy atom. The molecule has 0 aliphatic rings. The lowest BCUT2D eigenvalue weighted by atomic mass is 9.80. The molecular weight excluding hydrogens is 278 g/mol. The van der Waals surface area contributed by atoms with Crippen LogP contribution in [0.5, 0.6) is 0 Å². The van der Waals surface area contributed by atoms with Crippen molar-refractivity contribution in [1.29, 1.82) is 0 Å². The molecule has 17 heavy (non-hydrogen) atoms. The molecule has 3 heteroatoms. The van der Waals surface area contributed by atoms with Crippen LogP contribution in [0.2, 0.25) is 0 Å². The first kappa shape index (κ1) is 14.2. The Morgan fingerprint density at radius 1 is 1.35 bits per heavy atom. The fraction of sp³-hybridized carbons (Fsp3) is 0.500. The van der Waals surface area contributed by atoms with Crippen molar-refractivity contribution in [3.8, 4) is 0 Å². The van der Waals surface area contributed by atoms with Gasteiger partial charge in [-0.1, -0.05) is 39.8 Å². The molecule has 2 nitrogen and oxygen atoms in total. The van der Waals surface area contributed by atoms with Crippen molar-refractivity contribution in [3.05, 3.63) is 28.7 Å². The second kappa shape index (κ2) is 5.67. The van der Waals surface area contributed by atoms with E-state index in [0.29, 0.717) is 12.3 Å². The Labute approximate surface area is 112 Å². The molecule has 0 aliphatic carbocycles. The highest BCUT2D eigenvalue weighted by atomic mass is 79.9. The molecule has 0 saturated heterocycles. The average Bonchev–Trinajstić information content (AvgIpc) is 2.20. The van der Waals surface area contributed by atoms with Crippen LogP contribution in [0.4, 0.5) is 5.69 Å². The molecule has 1 rings (SSSR count). The normalized spacial score (nSPS) is 13.2. The maximum Gasteiger partial charge on any atom is 0.224 e. The summed E-state index contributed by atoms with van der Waals surface area (Å²) in [7, 11) is 0. The lowest BCUT2D eigenvalue weighted by Gasteiger charge is -2.26. The quantitative estimate of drug-likeness (QED) is 0.877. The molecule has 0 fully saturated rings. The van der Waals surface area contributed by atoms with Crippen molar-refractivity contribution in [2.75, 3.05) is 5.32 Å². The minimum Gasteiger partial charge on any atom is -0.325 e. The molecule has 0 aromatic heterocycles. The van der Waals surface area contributed by atoms with Gasteiger partial charge in [0.1, 0.15) is 0 Å². The molecule has 1 aromatic rings. The summed E-state index contributed by atoms with van der Waals surface area (Å²) in [5.74, 6) is 0.421. The highest BCUT2D eigenvalue weighted by Crippen LogP contribution is 2.29. The first-order valence-electron chi connectivity index (χ1n) is 5.85. The minimum absolute atomic E-state index is 0.0688. The van der Waals surface area contributed by atoms with Gasteiger partial charge in [-0.15, -0.1) is 0 Å². The summed E-state index contributed by atoms with van der Waals surface area (Å²) in [6, 6.07) is 7.65. The average molecular weight is 298 g/mol. The van der Waals surface area contributed by atoms with Gasteiger partial charge in [0, 0.05) is 10.9 Å². The van der Waals surface area contributed by atoms with E-state index in [4.69, 9.17) is 0 Å². The molecule has 1 amide bonds. The second-order valence-corrected chi connectivity index (χ2v) is 6.35. The van der Waals surface area contributed by atoms with Crippen LogP contribution in [0.15, 0.2) is 28.7 Å². The molecule has 94 valence electrons. The first-order valence-corrected chi connectivity index (χ1v) is 6.64. The number of halogens is 1. The Balaban J connectivity index is 2.60. The molecule has 1 unspecified atom stereocenters. The Kier molecular flexibility index (Phi) is 4.75. The third-order valence-corrected chi connectivity index (χ3v) is 3.81. The topological polar surface area (TPSA) is 29.1 Å². The SMILES string of the molecule is CC(CC(=O)Nc1ccccc1Br)C(C)(C)C. The Bertz CT molecular complexity index is 395. The van der Waals surface area contributed by atoms with E-state index < -0.39 is 0 Å². The van der Waals surface area contributed by atoms with Crippen LogP contribution >= 0.6 is 15.9 Å². The van der Waals surface area contributed by atoms with Gasteiger partial charge >= 0.3 is 0 Å². The van der Waals surface area contributed by atoms with Crippen molar-refractivity contribution in [2.24, 2.45) is 11.3 Å². The van der Waals surface area contributed by atoms with E-state index >= 15 is 0 Å². The van der Waals surface area contributed by atoms with E-state index in [2.05, 4.69) is 48.9 Å². The molecule has 0 saturated carbocycles. The fourth-order valence-corrected chi connectivity index (χ4v) is 1.73. The predicted octanol–water partition coefficient (Wildman–Crippen LogP) is 4.46. The minimum atomic E-state index is 0.0688. The summed E-state index contributed by atoms with van der Waals surface area (Å²) in [6.07, 6.45) is 0.546. The van der Waals surface area contributed by atoms with E-state index in [-0.39, 0.29) is 11.3 Å². The summed E-state index contributed by atoms with van der Waals surface area (Å²) in [4.78, 5) is 11.9. The first-order chi connectivity index (χ1) is 7.80. The highest BCUT2D eigenvalue weighted by Gasteiger charge is 2.22. The molecule has 1 N–H and O–H groups in total. The molecule has 0 bridgehead atoms. The lowest BCUT2D eigenvalue weighted by Crippen LogP contribution is -2.24. The number of carbonyl (C=O) groups excluding carboxylic acids is 1. The standard InChI is InChI=1S/C14H20BrNO/c1-10(14(2,3)4)9-13(17)16-12-8-6-5-7-11(12)15/h5-8,10H,9H2,1-4H3,(H,16,17). The fourth-order valence-electron chi connectivity index (χ4n) is 1.35. The van der Waals surface area contributed by atoms with Crippen molar-refractivity contribution in [1.82, 2.24) is 0 Å². The van der Waals surface area contributed by atoms with E-state index in [9.17, 15) is 4.79 Å². The number of para-hydroxylation sites is 1. The molecule has 0 radical (unpaired) electrons. The number of nitrogens with one attached hydrogen (secondary N) is 1. The van der Waals surface area contributed by atoms with Gasteiger partial charge in [0.05, 0.1) is 5.69 Å². The van der Waals surface area contributed by atoms with Crippen molar-refractivity contribution in [2.45, 2.75) is 34.1 Å². The van der Waals surface area contributed by atoms with Crippen molar-refractivity contribution in [3.63, 3.8) is 0 Å². The maximum atomic E-state index is 11.9.